The van der Waals surface area contributed by atoms with E-state index in [0.717, 1.165) is 27.8 Å². The van der Waals surface area contributed by atoms with Gasteiger partial charge in [-0.05, 0) is 35.9 Å². The molecule has 2 N–H and O–H groups in total. The molecule has 24 heavy (non-hydrogen) atoms. The Morgan fingerprint density at radius 2 is 2.12 bits per heavy atom. The van der Waals surface area contributed by atoms with Crippen molar-refractivity contribution in [2.75, 3.05) is 7.11 Å². The van der Waals surface area contributed by atoms with Gasteiger partial charge in [0, 0.05) is 35.1 Å². The summed E-state index contributed by atoms with van der Waals surface area (Å²) in [5, 5.41) is 11.0. The van der Waals surface area contributed by atoms with Crippen molar-refractivity contribution >= 4 is 10.9 Å². The number of hydrogen-bond donors (Lipinski definition) is 2. The van der Waals surface area contributed by atoms with Crippen LogP contribution in [0.4, 0.5) is 0 Å². The number of methoxy groups -OCH3 is 1. The number of aromatic hydroxyl groups is 1. The molecule has 5 heteroatoms. The lowest BCUT2D eigenvalue weighted by molar-refractivity contribution is 0.415. The molecule has 0 saturated carbocycles. The van der Waals surface area contributed by atoms with E-state index < -0.39 is 0 Å². The molecule has 0 spiro atoms. The van der Waals surface area contributed by atoms with Gasteiger partial charge < -0.3 is 19.4 Å². The van der Waals surface area contributed by atoms with E-state index in [1.54, 1.807) is 31.8 Å². The van der Waals surface area contributed by atoms with Crippen molar-refractivity contribution < 1.29 is 9.84 Å². The number of aromatic nitrogens is 3. The normalized spacial score (nSPS) is 12.4. The Labute approximate surface area is 139 Å². The van der Waals surface area contributed by atoms with Crippen molar-refractivity contribution in [3.05, 3.63) is 78.5 Å². The van der Waals surface area contributed by atoms with Crippen molar-refractivity contribution in [3.8, 4) is 11.5 Å². The standard InChI is InChI=1S/C19H17N3O2/c1-24-15-5-6-18-16(10-15)17(11-21-18)19(22-8-7-20-12-22)13-3-2-4-14(23)9-13/h2-12,19,21,23H,1H3. The molecule has 4 aromatic rings. The van der Waals surface area contributed by atoms with Gasteiger partial charge in [0.1, 0.15) is 11.5 Å². The Kier molecular flexibility index (Phi) is 3.46. The number of benzene rings is 2. The van der Waals surface area contributed by atoms with Gasteiger partial charge in [0.15, 0.2) is 0 Å². The Balaban J connectivity index is 1.94. The molecule has 4 rings (SSSR count). The molecular formula is C19H17N3O2. The first-order valence-electron chi connectivity index (χ1n) is 7.67. The highest BCUT2D eigenvalue weighted by molar-refractivity contribution is 5.85. The highest BCUT2D eigenvalue weighted by Crippen LogP contribution is 2.34. The van der Waals surface area contributed by atoms with Gasteiger partial charge >= 0.3 is 0 Å². The summed E-state index contributed by atoms with van der Waals surface area (Å²) in [6.07, 6.45) is 7.46. The number of rotatable bonds is 4. The second kappa shape index (κ2) is 5.77. The minimum absolute atomic E-state index is 0.0968. The van der Waals surface area contributed by atoms with Crippen LogP contribution in [0.3, 0.4) is 0 Å². The molecule has 1 atom stereocenters. The molecule has 1 unspecified atom stereocenters. The number of imidazole rings is 1. The summed E-state index contributed by atoms with van der Waals surface area (Å²) in [6, 6.07) is 13.2. The highest BCUT2D eigenvalue weighted by atomic mass is 16.5. The number of nitrogens with zero attached hydrogens (tertiary/aromatic N) is 2. The number of nitrogens with one attached hydrogen (secondary N) is 1. The fraction of sp³-hybridized carbons (Fsp3) is 0.105. The first-order chi connectivity index (χ1) is 11.8. The van der Waals surface area contributed by atoms with Crippen LogP contribution in [-0.2, 0) is 0 Å². The van der Waals surface area contributed by atoms with Crippen molar-refractivity contribution in [2.24, 2.45) is 0 Å². The third-order valence-corrected chi connectivity index (χ3v) is 4.22. The van der Waals surface area contributed by atoms with E-state index in [4.69, 9.17) is 4.74 Å². The molecule has 0 bridgehead atoms. The zero-order valence-corrected chi connectivity index (χ0v) is 13.2. The maximum atomic E-state index is 9.90. The van der Waals surface area contributed by atoms with Gasteiger partial charge in [-0.25, -0.2) is 4.98 Å². The largest absolute Gasteiger partial charge is 0.508 e. The van der Waals surface area contributed by atoms with Gasteiger partial charge in [0.2, 0.25) is 0 Å². The fourth-order valence-electron chi connectivity index (χ4n) is 3.10. The monoisotopic (exact) mass is 319 g/mol. The van der Waals surface area contributed by atoms with Crippen LogP contribution in [0.15, 0.2) is 67.4 Å². The molecule has 0 saturated heterocycles. The number of phenolic OH excluding ortho intramolecular Hbond substituents is 1. The van der Waals surface area contributed by atoms with Gasteiger partial charge in [-0.2, -0.15) is 0 Å². The minimum atomic E-state index is -0.0968. The number of hydrogen-bond acceptors (Lipinski definition) is 3. The average Bonchev–Trinajstić information content (AvgIpc) is 3.26. The van der Waals surface area contributed by atoms with Gasteiger partial charge in [-0.3, -0.25) is 0 Å². The third kappa shape index (κ3) is 2.40. The quantitative estimate of drug-likeness (QED) is 0.602. The molecule has 2 aromatic carbocycles. The number of fused-ring (bicyclic) bond motifs is 1. The molecule has 120 valence electrons. The first-order valence-corrected chi connectivity index (χ1v) is 7.67. The Morgan fingerprint density at radius 3 is 2.88 bits per heavy atom. The summed E-state index contributed by atoms with van der Waals surface area (Å²) < 4.78 is 7.39. The van der Waals surface area contributed by atoms with Crippen molar-refractivity contribution in [1.82, 2.24) is 14.5 Å². The molecule has 5 nitrogen and oxygen atoms in total. The Bertz CT molecular complexity index is 973. The maximum absolute atomic E-state index is 9.90. The van der Waals surface area contributed by atoms with E-state index in [9.17, 15) is 5.11 Å². The van der Waals surface area contributed by atoms with Crippen LogP contribution in [0.2, 0.25) is 0 Å². The van der Waals surface area contributed by atoms with Crippen LogP contribution in [0.5, 0.6) is 11.5 Å². The van der Waals surface area contributed by atoms with E-state index in [0.29, 0.717) is 0 Å². The highest BCUT2D eigenvalue weighted by Gasteiger charge is 2.20. The van der Waals surface area contributed by atoms with Crippen LogP contribution in [0.1, 0.15) is 17.2 Å². The molecule has 0 aliphatic heterocycles. The zero-order chi connectivity index (χ0) is 16.5. The van der Waals surface area contributed by atoms with Crippen LogP contribution < -0.4 is 4.74 Å². The molecular weight excluding hydrogens is 302 g/mol. The average molecular weight is 319 g/mol. The predicted octanol–water partition coefficient (Wildman–Crippen LogP) is 3.72. The molecule has 2 heterocycles. The first kappa shape index (κ1) is 14.4. The molecule has 0 fully saturated rings. The Hall–Kier alpha value is -3.21. The lowest BCUT2D eigenvalue weighted by Gasteiger charge is -2.19. The van der Waals surface area contributed by atoms with Crippen LogP contribution >= 0.6 is 0 Å². The number of H-pyrrole nitrogens is 1. The fourth-order valence-corrected chi connectivity index (χ4v) is 3.10. The Morgan fingerprint density at radius 1 is 1.21 bits per heavy atom. The number of phenols is 1. The summed E-state index contributed by atoms with van der Waals surface area (Å²) in [6.45, 7) is 0. The van der Waals surface area contributed by atoms with Crippen LogP contribution in [0, 0.1) is 0 Å². The second-order valence-electron chi connectivity index (χ2n) is 5.66. The third-order valence-electron chi connectivity index (χ3n) is 4.22. The van der Waals surface area contributed by atoms with Gasteiger partial charge in [-0.1, -0.05) is 12.1 Å². The predicted molar refractivity (Wildman–Crippen MR) is 92.4 cm³/mol. The molecule has 0 aliphatic carbocycles. The van der Waals surface area contributed by atoms with Crippen molar-refractivity contribution in [2.45, 2.75) is 6.04 Å². The minimum Gasteiger partial charge on any atom is -0.508 e. The maximum Gasteiger partial charge on any atom is 0.119 e. The topological polar surface area (TPSA) is 63.1 Å². The van der Waals surface area contributed by atoms with E-state index >= 15 is 0 Å². The molecule has 0 radical (unpaired) electrons. The summed E-state index contributed by atoms with van der Waals surface area (Å²) in [7, 11) is 1.66. The van der Waals surface area contributed by atoms with Crippen molar-refractivity contribution in [1.29, 1.82) is 0 Å². The SMILES string of the molecule is COc1ccc2[nH]cc(C(c3cccc(O)c3)n3ccnc3)c2c1. The van der Waals surface area contributed by atoms with Crippen molar-refractivity contribution in [3.63, 3.8) is 0 Å². The lowest BCUT2D eigenvalue weighted by atomic mass is 9.97. The van der Waals surface area contributed by atoms with E-state index in [2.05, 4.69) is 9.97 Å². The smallest absolute Gasteiger partial charge is 0.119 e. The molecule has 2 aromatic heterocycles. The second-order valence-corrected chi connectivity index (χ2v) is 5.66. The lowest BCUT2D eigenvalue weighted by Crippen LogP contribution is -2.10. The van der Waals surface area contributed by atoms with E-state index in [1.165, 1.54) is 0 Å². The summed E-state index contributed by atoms with van der Waals surface area (Å²) in [5.74, 6) is 1.05. The van der Waals surface area contributed by atoms with E-state index in [1.807, 2.05) is 47.3 Å². The van der Waals surface area contributed by atoms with Gasteiger partial charge in [0.25, 0.3) is 0 Å². The van der Waals surface area contributed by atoms with Gasteiger partial charge in [0.05, 0.1) is 19.5 Å². The number of aromatic amines is 1. The number of ether oxygens (including phenoxy) is 1. The zero-order valence-electron chi connectivity index (χ0n) is 13.2. The summed E-state index contributed by atoms with van der Waals surface area (Å²) >= 11 is 0. The van der Waals surface area contributed by atoms with Crippen LogP contribution in [0.25, 0.3) is 10.9 Å². The summed E-state index contributed by atoms with van der Waals surface area (Å²) in [4.78, 5) is 7.49. The van der Waals surface area contributed by atoms with Gasteiger partial charge in [-0.15, -0.1) is 0 Å². The van der Waals surface area contributed by atoms with E-state index in [-0.39, 0.29) is 11.8 Å². The molecule has 0 aliphatic rings. The summed E-state index contributed by atoms with van der Waals surface area (Å²) in [5.41, 5.74) is 3.11. The van der Waals surface area contributed by atoms with Crippen LogP contribution in [-0.4, -0.2) is 26.8 Å². The molecule has 0 amide bonds.